The Morgan fingerprint density at radius 1 is 0.840 bits per heavy atom. The van der Waals surface area contributed by atoms with Gasteiger partial charge in [0.05, 0.1) is 0 Å². The van der Waals surface area contributed by atoms with Crippen LogP contribution in [-0.2, 0) is 13.1 Å². The van der Waals surface area contributed by atoms with E-state index >= 15 is 0 Å². The topological polar surface area (TPSA) is 24.9 Å². The molecule has 1 aliphatic rings. The predicted molar refractivity (Wildman–Crippen MR) is 102 cm³/mol. The molecule has 1 aliphatic heterocycles. The molecule has 3 rings (SSSR count). The van der Waals surface area contributed by atoms with Crippen LogP contribution in [0.2, 0.25) is 0 Å². The average molecular weight is 401 g/mol. The monoisotopic (exact) mass is 402 g/mol. The van der Waals surface area contributed by atoms with Crippen molar-refractivity contribution in [1.29, 1.82) is 0 Å². The van der Waals surface area contributed by atoms with Crippen molar-refractivity contribution >= 4 is 20.2 Å². The van der Waals surface area contributed by atoms with E-state index in [1.165, 1.54) is 11.1 Å². The summed E-state index contributed by atoms with van der Waals surface area (Å²) in [6.45, 7) is 2.57. The third-order valence-corrected chi connectivity index (χ3v) is 5.21. The summed E-state index contributed by atoms with van der Waals surface area (Å²) in [5, 5.41) is 0. The molecule has 2 aromatic rings. The number of rotatable bonds is 6. The molecule has 0 fully saturated rings. The Kier molecular flexibility index (Phi) is 5.79. The molecule has 0 N–H and O–H groups in total. The van der Waals surface area contributed by atoms with Gasteiger partial charge in [0.25, 0.3) is 0 Å². The second-order valence-electron chi connectivity index (χ2n) is 5.87. The summed E-state index contributed by atoms with van der Waals surface area (Å²) in [7, 11) is 3.38. The number of nitrogens with zero attached hydrogens (tertiary/aromatic N) is 2. The van der Waals surface area contributed by atoms with Gasteiger partial charge in [-0.05, 0) is 0 Å². The molecular formula is C20H22N2O2Se. The number of hydrogen-bond acceptors (Lipinski definition) is 4. The van der Waals surface area contributed by atoms with Gasteiger partial charge in [-0.3, -0.25) is 0 Å². The van der Waals surface area contributed by atoms with Gasteiger partial charge in [-0.15, -0.1) is 0 Å². The minimum absolute atomic E-state index is 0.821. The van der Waals surface area contributed by atoms with E-state index < -0.39 is 0 Å². The van der Waals surface area contributed by atoms with Crippen LogP contribution in [0.15, 0.2) is 60.8 Å². The maximum atomic E-state index is 5.23. The second-order valence-corrected chi connectivity index (χ2v) is 6.64. The molecule has 4 nitrogen and oxygen atoms in total. The van der Waals surface area contributed by atoms with Gasteiger partial charge in [0.2, 0.25) is 0 Å². The van der Waals surface area contributed by atoms with E-state index in [4.69, 9.17) is 9.47 Å². The van der Waals surface area contributed by atoms with Crippen LogP contribution in [0.3, 0.4) is 0 Å². The average Bonchev–Trinajstić information content (AvgIpc) is 2.66. The van der Waals surface area contributed by atoms with E-state index in [2.05, 4.69) is 61.9 Å². The summed E-state index contributed by atoms with van der Waals surface area (Å²) in [5.74, 6) is 1.77. The Morgan fingerprint density at radius 2 is 1.36 bits per heavy atom. The van der Waals surface area contributed by atoms with Gasteiger partial charge in [0.1, 0.15) is 0 Å². The van der Waals surface area contributed by atoms with Gasteiger partial charge in [-0.2, -0.15) is 0 Å². The van der Waals surface area contributed by atoms with Crippen molar-refractivity contribution in [2.75, 3.05) is 20.8 Å². The van der Waals surface area contributed by atoms with Crippen molar-refractivity contribution in [3.63, 3.8) is 0 Å². The minimum atomic E-state index is 0.821. The summed E-state index contributed by atoms with van der Waals surface area (Å²) < 4.78 is 11.6. The molecule has 130 valence electrons. The molecule has 5 heteroatoms. The van der Waals surface area contributed by atoms with Crippen LogP contribution in [0.5, 0.6) is 11.5 Å². The van der Waals surface area contributed by atoms with Gasteiger partial charge < -0.3 is 0 Å². The van der Waals surface area contributed by atoms with Crippen LogP contribution in [0.25, 0.3) is 0 Å². The van der Waals surface area contributed by atoms with Crippen LogP contribution < -0.4 is 9.47 Å². The van der Waals surface area contributed by atoms with E-state index in [1.54, 1.807) is 14.2 Å². The second kappa shape index (κ2) is 8.23. The zero-order valence-electron chi connectivity index (χ0n) is 14.5. The van der Waals surface area contributed by atoms with Crippen LogP contribution in [0.4, 0.5) is 0 Å². The number of methoxy groups -OCH3 is 2. The molecule has 0 saturated heterocycles. The Labute approximate surface area is 157 Å². The first-order chi connectivity index (χ1) is 12.2. The quantitative estimate of drug-likeness (QED) is 0.695. The predicted octanol–water partition coefficient (Wildman–Crippen LogP) is 2.79. The third-order valence-electron chi connectivity index (χ3n) is 4.17. The molecule has 0 atom stereocenters. The Bertz CT molecular complexity index is 741. The number of hydrogen-bond donors (Lipinski definition) is 0. The summed E-state index contributed by atoms with van der Waals surface area (Å²) in [6.07, 6.45) is 4.33. The van der Waals surface area contributed by atoms with Crippen molar-refractivity contribution in [2.24, 2.45) is 0 Å². The molecule has 1 heterocycles. The van der Waals surface area contributed by atoms with Gasteiger partial charge in [-0.1, -0.05) is 0 Å². The molecule has 0 aliphatic carbocycles. The molecule has 0 bridgehead atoms. The van der Waals surface area contributed by atoms with Crippen molar-refractivity contribution in [1.82, 2.24) is 9.80 Å². The van der Waals surface area contributed by atoms with Crippen LogP contribution in [-0.4, -0.2) is 50.8 Å². The molecule has 0 unspecified atom stereocenters. The number of benzene rings is 2. The van der Waals surface area contributed by atoms with Gasteiger partial charge in [-0.25, -0.2) is 0 Å². The summed E-state index contributed by atoms with van der Waals surface area (Å²) in [5.41, 5.74) is 2.50. The molecule has 0 aromatic heterocycles. The van der Waals surface area contributed by atoms with Crippen molar-refractivity contribution in [2.45, 2.75) is 13.1 Å². The SMILES string of the molecule is COc1ccc(CN2C=CCN(Cc3ccc(OC)cc3)C2=[Se])cc1. The Hall–Kier alpha value is -2.23. The van der Waals surface area contributed by atoms with E-state index in [0.29, 0.717) is 0 Å². The van der Waals surface area contributed by atoms with Crippen molar-refractivity contribution in [3.8, 4) is 11.5 Å². The molecule has 0 amide bonds. The fourth-order valence-corrected chi connectivity index (χ4v) is 3.31. The summed E-state index contributed by atoms with van der Waals surface area (Å²) in [4.78, 5) is 4.56. The first-order valence-electron chi connectivity index (χ1n) is 8.17. The fraction of sp³-hybridized carbons (Fsp3) is 0.250. The van der Waals surface area contributed by atoms with Crippen molar-refractivity contribution in [3.05, 3.63) is 71.9 Å². The van der Waals surface area contributed by atoms with Gasteiger partial charge in [0.15, 0.2) is 0 Å². The van der Waals surface area contributed by atoms with E-state index in [-0.39, 0.29) is 0 Å². The first-order valence-corrected chi connectivity index (χ1v) is 9.03. The van der Waals surface area contributed by atoms with Crippen LogP contribution >= 0.6 is 0 Å². The van der Waals surface area contributed by atoms with E-state index in [9.17, 15) is 0 Å². The maximum absolute atomic E-state index is 5.23. The molecule has 0 spiro atoms. The molecule has 0 saturated carbocycles. The van der Waals surface area contributed by atoms with Gasteiger partial charge in [0, 0.05) is 0 Å². The zero-order valence-corrected chi connectivity index (χ0v) is 16.2. The molecule has 2 aromatic carbocycles. The molecule has 0 radical (unpaired) electrons. The third kappa shape index (κ3) is 4.44. The number of ether oxygens (including phenoxy) is 2. The first kappa shape index (κ1) is 17.6. The summed E-state index contributed by atoms with van der Waals surface area (Å²) in [6, 6.07) is 16.4. The summed E-state index contributed by atoms with van der Waals surface area (Å²) >= 11 is 3.23. The van der Waals surface area contributed by atoms with Crippen molar-refractivity contribution < 1.29 is 9.47 Å². The zero-order chi connectivity index (χ0) is 17.6. The molecular weight excluding hydrogens is 379 g/mol. The van der Waals surface area contributed by atoms with Crippen LogP contribution in [0.1, 0.15) is 11.1 Å². The Morgan fingerprint density at radius 3 is 1.88 bits per heavy atom. The normalized spacial score (nSPS) is 13.9. The van der Waals surface area contributed by atoms with E-state index in [1.807, 2.05) is 24.3 Å². The van der Waals surface area contributed by atoms with Crippen LogP contribution in [0, 0.1) is 0 Å². The van der Waals surface area contributed by atoms with E-state index in [0.717, 1.165) is 35.8 Å². The standard InChI is InChI=1S/C20H22N2O2Se/c1-23-18-8-4-16(5-9-18)14-21-12-3-13-22(20(21)25)15-17-6-10-19(24-2)11-7-17/h3-12H,13-15H2,1-2H3. The van der Waals surface area contributed by atoms with Gasteiger partial charge >= 0.3 is 157 Å². The Balaban J connectivity index is 1.65. The molecule has 25 heavy (non-hydrogen) atoms. The fourth-order valence-electron chi connectivity index (χ4n) is 2.76.